The maximum atomic E-state index is 5.75. The van der Waals surface area contributed by atoms with Gasteiger partial charge in [-0.25, -0.2) is 0 Å². The number of hydrogen-bond donors (Lipinski definition) is 2. The summed E-state index contributed by atoms with van der Waals surface area (Å²) in [6.45, 7) is 0. The third-order valence-electron chi connectivity index (χ3n) is 2.43. The molecule has 0 radical (unpaired) electrons. The lowest BCUT2D eigenvalue weighted by molar-refractivity contribution is 0.433. The SMILES string of the molecule is Nc1cnoc1-c1c[nH]c2ccccc12. The van der Waals surface area contributed by atoms with Gasteiger partial charge in [0.15, 0.2) is 5.76 Å². The number of para-hydroxylation sites is 1. The van der Waals surface area contributed by atoms with Crippen LogP contribution in [0, 0.1) is 0 Å². The molecule has 2 heterocycles. The first-order chi connectivity index (χ1) is 7.36. The number of nitrogen functional groups attached to an aromatic ring is 1. The molecule has 0 bridgehead atoms. The molecule has 0 atom stereocenters. The summed E-state index contributed by atoms with van der Waals surface area (Å²) in [4.78, 5) is 3.16. The Hall–Kier alpha value is -2.23. The predicted molar refractivity (Wildman–Crippen MR) is 58.2 cm³/mol. The zero-order valence-corrected chi connectivity index (χ0v) is 7.90. The van der Waals surface area contributed by atoms with Crippen LogP contribution in [0.4, 0.5) is 5.69 Å². The van der Waals surface area contributed by atoms with Crippen LogP contribution in [-0.4, -0.2) is 10.1 Å². The van der Waals surface area contributed by atoms with Crippen molar-refractivity contribution in [1.82, 2.24) is 10.1 Å². The highest BCUT2D eigenvalue weighted by molar-refractivity contribution is 5.96. The molecule has 3 aromatic rings. The van der Waals surface area contributed by atoms with E-state index in [1.54, 1.807) is 0 Å². The van der Waals surface area contributed by atoms with Crippen molar-refractivity contribution in [2.45, 2.75) is 0 Å². The summed E-state index contributed by atoms with van der Waals surface area (Å²) in [7, 11) is 0. The van der Waals surface area contributed by atoms with Crippen LogP contribution in [0.2, 0.25) is 0 Å². The Morgan fingerprint density at radius 3 is 2.93 bits per heavy atom. The Morgan fingerprint density at radius 1 is 1.27 bits per heavy atom. The molecule has 3 N–H and O–H groups in total. The number of benzene rings is 1. The Morgan fingerprint density at radius 2 is 2.13 bits per heavy atom. The van der Waals surface area contributed by atoms with Crippen LogP contribution in [-0.2, 0) is 0 Å². The molecule has 0 saturated carbocycles. The van der Waals surface area contributed by atoms with Gasteiger partial charge >= 0.3 is 0 Å². The Kier molecular flexibility index (Phi) is 1.56. The topological polar surface area (TPSA) is 67.8 Å². The highest BCUT2D eigenvalue weighted by Crippen LogP contribution is 2.31. The van der Waals surface area contributed by atoms with Gasteiger partial charge in [-0.15, -0.1) is 0 Å². The number of nitrogens with two attached hydrogens (primary N) is 1. The van der Waals surface area contributed by atoms with Crippen molar-refractivity contribution < 1.29 is 4.52 Å². The van der Waals surface area contributed by atoms with Gasteiger partial charge in [-0.3, -0.25) is 0 Å². The number of H-pyrrole nitrogens is 1. The highest BCUT2D eigenvalue weighted by atomic mass is 16.5. The predicted octanol–water partition coefficient (Wildman–Crippen LogP) is 2.41. The average molecular weight is 199 g/mol. The first kappa shape index (κ1) is 8.11. The van der Waals surface area contributed by atoms with E-state index in [2.05, 4.69) is 10.1 Å². The maximum absolute atomic E-state index is 5.75. The van der Waals surface area contributed by atoms with Crippen LogP contribution in [0.15, 0.2) is 41.2 Å². The van der Waals surface area contributed by atoms with Crippen LogP contribution >= 0.6 is 0 Å². The molecule has 0 aliphatic rings. The summed E-state index contributed by atoms with van der Waals surface area (Å²) in [5, 5.41) is 4.75. The van der Waals surface area contributed by atoms with Gasteiger partial charge in [-0.1, -0.05) is 23.4 Å². The number of hydrogen-bond acceptors (Lipinski definition) is 3. The van der Waals surface area contributed by atoms with Crippen LogP contribution in [0.25, 0.3) is 22.2 Å². The van der Waals surface area contributed by atoms with Gasteiger partial charge in [-0.05, 0) is 6.07 Å². The summed E-state index contributed by atoms with van der Waals surface area (Å²) in [5.74, 6) is 0.618. The molecule has 4 heteroatoms. The van der Waals surface area contributed by atoms with Gasteiger partial charge < -0.3 is 15.2 Å². The lowest BCUT2D eigenvalue weighted by Crippen LogP contribution is -1.83. The second-order valence-corrected chi connectivity index (χ2v) is 3.36. The van der Waals surface area contributed by atoms with Crippen LogP contribution in [0.1, 0.15) is 0 Å². The van der Waals surface area contributed by atoms with Gasteiger partial charge in [0.1, 0.15) is 5.69 Å². The van der Waals surface area contributed by atoms with E-state index in [1.807, 2.05) is 30.5 Å². The van der Waals surface area contributed by atoms with Crippen molar-refractivity contribution in [1.29, 1.82) is 0 Å². The number of fused-ring (bicyclic) bond motifs is 1. The van der Waals surface area contributed by atoms with Gasteiger partial charge in [-0.2, -0.15) is 0 Å². The van der Waals surface area contributed by atoms with Crippen molar-refractivity contribution in [3.63, 3.8) is 0 Å². The van der Waals surface area contributed by atoms with Crippen molar-refractivity contribution in [2.24, 2.45) is 0 Å². The third kappa shape index (κ3) is 1.11. The molecule has 0 unspecified atom stereocenters. The van der Waals surface area contributed by atoms with Crippen molar-refractivity contribution >= 4 is 16.6 Å². The van der Waals surface area contributed by atoms with E-state index in [9.17, 15) is 0 Å². The molecule has 4 nitrogen and oxygen atoms in total. The van der Waals surface area contributed by atoms with Gasteiger partial charge in [0.2, 0.25) is 0 Å². The average Bonchev–Trinajstić information content (AvgIpc) is 2.83. The third-order valence-corrected chi connectivity index (χ3v) is 2.43. The van der Waals surface area contributed by atoms with Crippen molar-refractivity contribution in [3.8, 4) is 11.3 Å². The molecule has 3 rings (SSSR count). The van der Waals surface area contributed by atoms with E-state index in [-0.39, 0.29) is 0 Å². The van der Waals surface area contributed by atoms with E-state index in [0.29, 0.717) is 11.4 Å². The second kappa shape index (κ2) is 2.88. The Balaban J connectivity index is 2.32. The molecule has 0 fully saturated rings. The Bertz CT molecular complexity index is 609. The molecule has 15 heavy (non-hydrogen) atoms. The van der Waals surface area contributed by atoms with Gasteiger partial charge in [0.05, 0.1) is 6.20 Å². The van der Waals surface area contributed by atoms with E-state index in [4.69, 9.17) is 10.3 Å². The molecule has 0 aliphatic heterocycles. The smallest absolute Gasteiger partial charge is 0.191 e. The summed E-state index contributed by atoms with van der Waals surface area (Å²) >= 11 is 0. The summed E-state index contributed by atoms with van der Waals surface area (Å²) in [6.07, 6.45) is 3.39. The zero-order chi connectivity index (χ0) is 10.3. The highest BCUT2D eigenvalue weighted by Gasteiger charge is 2.12. The minimum Gasteiger partial charge on any atom is -0.394 e. The lowest BCUT2D eigenvalue weighted by atomic mass is 10.1. The number of nitrogens with one attached hydrogen (secondary N) is 1. The molecule has 0 spiro atoms. The van der Waals surface area contributed by atoms with E-state index in [1.165, 1.54) is 6.20 Å². The van der Waals surface area contributed by atoms with Gasteiger partial charge in [0.25, 0.3) is 0 Å². The van der Waals surface area contributed by atoms with Crippen LogP contribution < -0.4 is 5.73 Å². The minimum absolute atomic E-state index is 0.555. The standard InChI is InChI=1S/C11H9N3O/c12-9-6-14-15-11(9)8-5-13-10-4-2-1-3-7(8)10/h1-6,13H,12H2. The first-order valence-electron chi connectivity index (χ1n) is 4.63. The fraction of sp³-hybridized carbons (Fsp3) is 0. The quantitative estimate of drug-likeness (QED) is 0.632. The van der Waals surface area contributed by atoms with E-state index < -0.39 is 0 Å². The first-order valence-corrected chi connectivity index (χ1v) is 4.63. The molecule has 0 amide bonds. The number of aromatic amines is 1. The minimum atomic E-state index is 0.555. The molecular weight excluding hydrogens is 190 g/mol. The normalized spacial score (nSPS) is 10.9. The molecule has 74 valence electrons. The van der Waals surface area contributed by atoms with Crippen molar-refractivity contribution in [2.75, 3.05) is 5.73 Å². The number of anilines is 1. The number of aromatic nitrogens is 2. The number of rotatable bonds is 1. The van der Waals surface area contributed by atoms with E-state index in [0.717, 1.165) is 16.5 Å². The Labute approximate surface area is 85.7 Å². The van der Waals surface area contributed by atoms with E-state index >= 15 is 0 Å². The fourth-order valence-corrected chi connectivity index (χ4v) is 1.71. The van der Waals surface area contributed by atoms with Crippen molar-refractivity contribution in [3.05, 3.63) is 36.7 Å². The monoisotopic (exact) mass is 199 g/mol. The zero-order valence-electron chi connectivity index (χ0n) is 7.90. The maximum Gasteiger partial charge on any atom is 0.191 e. The summed E-state index contributed by atoms with van der Waals surface area (Å²) in [6, 6.07) is 7.98. The number of nitrogens with zero attached hydrogens (tertiary/aromatic N) is 1. The largest absolute Gasteiger partial charge is 0.394 e. The van der Waals surface area contributed by atoms with Gasteiger partial charge in [0, 0.05) is 22.7 Å². The lowest BCUT2D eigenvalue weighted by Gasteiger charge is -1.94. The van der Waals surface area contributed by atoms with Crippen LogP contribution in [0.3, 0.4) is 0 Å². The fourth-order valence-electron chi connectivity index (χ4n) is 1.71. The summed E-state index contributed by atoms with van der Waals surface area (Å²) < 4.78 is 5.12. The van der Waals surface area contributed by atoms with Crippen LogP contribution in [0.5, 0.6) is 0 Å². The molecule has 2 aromatic heterocycles. The molecule has 0 saturated heterocycles. The summed E-state index contributed by atoms with van der Waals surface area (Å²) in [5.41, 5.74) is 8.31. The molecule has 0 aliphatic carbocycles. The molecular formula is C11H9N3O. The second-order valence-electron chi connectivity index (χ2n) is 3.36. The molecule has 1 aromatic carbocycles.